The molecule has 0 aromatic rings. The van der Waals surface area contributed by atoms with E-state index < -0.39 is 72.1 Å². The number of ether oxygens (including phenoxy) is 5. The molecular weight excluding hydrogens is 658 g/mol. The van der Waals surface area contributed by atoms with E-state index in [-0.39, 0.29) is 35.9 Å². The molecule has 2 aliphatic heterocycles. The van der Waals surface area contributed by atoms with Crippen molar-refractivity contribution in [1.82, 2.24) is 0 Å². The summed E-state index contributed by atoms with van der Waals surface area (Å²) in [6.45, 7) is 16.6. The molecule has 0 aromatic heterocycles. The highest BCUT2D eigenvalue weighted by Crippen LogP contribution is 2.42. The number of hydrogen-bond donors (Lipinski definition) is 4. The van der Waals surface area contributed by atoms with Crippen LogP contribution >= 0.6 is 0 Å². The van der Waals surface area contributed by atoms with Crippen molar-refractivity contribution in [2.45, 2.75) is 118 Å². The molecule has 0 unspecified atom stereocenters. The van der Waals surface area contributed by atoms with Crippen molar-refractivity contribution < 1.29 is 53.4 Å². The van der Waals surface area contributed by atoms with Crippen LogP contribution in [0.1, 0.15) is 75.2 Å². The molecule has 0 saturated carbocycles. The fourth-order valence-electron chi connectivity index (χ4n) is 7.01. The van der Waals surface area contributed by atoms with Crippen molar-refractivity contribution in [3.8, 4) is 0 Å². The second-order valence-electron chi connectivity index (χ2n) is 14.7. The number of esters is 2. The summed E-state index contributed by atoms with van der Waals surface area (Å²) in [7, 11) is 2.82. The van der Waals surface area contributed by atoms with Gasteiger partial charge in [0.15, 0.2) is 5.79 Å². The molecule has 2 heterocycles. The van der Waals surface area contributed by atoms with Crippen LogP contribution in [0.5, 0.6) is 0 Å². The summed E-state index contributed by atoms with van der Waals surface area (Å²) in [5.74, 6) is -6.96. The van der Waals surface area contributed by atoms with E-state index in [2.05, 4.69) is 0 Å². The first-order valence-electron chi connectivity index (χ1n) is 17.7. The number of methoxy groups -OCH3 is 2. The van der Waals surface area contributed by atoms with Gasteiger partial charge in [0.1, 0.15) is 18.3 Å². The zero-order valence-electron chi connectivity index (χ0n) is 32.1. The Morgan fingerprint density at radius 2 is 1.73 bits per heavy atom. The van der Waals surface area contributed by atoms with Gasteiger partial charge in [-0.25, -0.2) is 9.59 Å². The van der Waals surface area contributed by atoms with E-state index in [1.807, 2.05) is 53.7 Å². The maximum absolute atomic E-state index is 13.6. The van der Waals surface area contributed by atoms with Crippen LogP contribution in [0.15, 0.2) is 59.4 Å². The molecule has 0 aromatic carbocycles. The third-order valence-electron chi connectivity index (χ3n) is 10.1. The quantitative estimate of drug-likeness (QED) is 0.187. The molecule has 12 atom stereocenters. The number of cyclic esters (lactones) is 1. The predicted molar refractivity (Wildman–Crippen MR) is 192 cm³/mol. The van der Waals surface area contributed by atoms with Gasteiger partial charge in [-0.15, -0.1) is 0 Å². The Balaban J connectivity index is 2.55. The Kier molecular flexibility index (Phi) is 16.8. The molecule has 2 rings (SSSR count). The van der Waals surface area contributed by atoms with Gasteiger partial charge in [0.05, 0.1) is 25.4 Å². The summed E-state index contributed by atoms with van der Waals surface area (Å²) >= 11 is 0. The lowest BCUT2D eigenvalue weighted by Crippen LogP contribution is -2.59. The van der Waals surface area contributed by atoms with E-state index in [4.69, 9.17) is 29.4 Å². The number of carbonyl (C=O) groups is 3. The average Bonchev–Trinajstić information content (AvgIpc) is 3.06. The number of rotatable bonds is 10. The highest BCUT2D eigenvalue weighted by atomic mass is 16.6. The minimum Gasteiger partial charge on any atom is -0.490 e. The molecule has 5 N–H and O–H groups in total. The van der Waals surface area contributed by atoms with E-state index in [9.17, 15) is 29.7 Å². The van der Waals surface area contributed by atoms with E-state index in [0.29, 0.717) is 12.0 Å². The van der Waals surface area contributed by atoms with Gasteiger partial charge in [0.25, 0.3) is 0 Å². The van der Waals surface area contributed by atoms with Crippen LogP contribution < -0.4 is 5.73 Å². The lowest BCUT2D eigenvalue weighted by Gasteiger charge is -2.50. The van der Waals surface area contributed by atoms with Gasteiger partial charge in [-0.05, 0) is 38.2 Å². The van der Waals surface area contributed by atoms with Crippen molar-refractivity contribution in [2.75, 3.05) is 14.2 Å². The first-order valence-corrected chi connectivity index (χ1v) is 17.7. The average molecular weight is 720 g/mol. The molecule has 2 aliphatic rings. The molecule has 1 amide bonds. The highest BCUT2D eigenvalue weighted by Gasteiger charge is 2.53. The summed E-state index contributed by atoms with van der Waals surface area (Å²) < 4.78 is 29.2. The number of amides is 1. The zero-order valence-corrected chi connectivity index (χ0v) is 32.1. The molecule has 1 fully saturated rings. The van der Waals surface area contributed by atoms with Crippen LogP contribution in [-0.4, -0.2) is 89.8 Å². The molecule has 1 saturated heterocycles. The van der Waals surface area contributed by atoms with E-state index in [1.54, 1.807) is 32.9 Å². The topological polar surface area (TPSA) is 184 Å². The standard InChI is InChI=1S/C39H61NO11/c1-21(2)36-26(7)31(49-33(42)16-15-32(40)41)20-39(46,51-36)28(9)35(44)27(8)37-29(47-10)14-12-13-22(3)17-24(5)34(43)25(6)18-23(4)19-30(48-11)38(45)50-37/h12-16,18-19,21,24-29,31,34-37,43-44,46H,17,20H2,1-11H3,(H2,40,41)/b14-12+,16-15+,22-13?,23-18+,30-19-/t24-,25+,26-,27-,28-,29-,31+,34-,35+,36+,37+,39+/m0/s1. The predicted octanol–water partition coefficient (Wildman–Crippen LogP) is 4.29. The molecule has 12 nitrogen and oxygen atoms in total. The summed E-state index contributed by atoms with van der Waals surface area (Å²) in [4.78, 5) is 37.4. The Morgan fingerprint density at radius 3 is 2.29 bits per heavy atom. The highest BCUT2D eigenvalue weighted by molar-refractivity contribution is 5.93. The van der Waals surface area contributed by atoms with Gasteiger partial charge >= 0.3 is 11.9 Å². The summed E-state index contributed by atoms with van der Waals surface area (Å²) in [5, 5.41) is 34.9. The van der Waals surface area contributed by atoms with E-state index >= 15 is 0 Å². The number of aliphatic hydroxyl groups is 3. The third-order valence-corrected chi connectivity index (χ3v) is 10.1. The SMILES string of the molecule is CO/C1=C\C(C)=C\[C@@H](C)[C@@H](O)[C@@H](C)CC(C)=C/C=C/[C@H](OC)[C@@H]([C@@H](C)[C@@H](O)[C@H](C)[C@@]2(O)C[C@@H](OC(=O)/C=C/C(N)=O)[C@H](C)[C@@H](C(C)C)O2)OC1=O. The smallest absolute Gasteiger partial charge is 0.373 e. The van der Waals surface area contributed by atoms with Crippen molar-refractivity contribution in [2.24, 2.45) is 41.2 Å². The Morgan fingerprint density at radius 1 is 1.08 bits per heavy atom. The van der Waals surface area contributed by atoms with Gasteiger partial charge in [-0.3, -0.25) is 4.79 Å². The minimum absolute atomic E-state index is 0.0408. The van der Waals surface area contributed by atoms with Crippen LogP contribution in [0.3, 0.4) is 0 Å². The third kappa shape index (κ3) is 12.1. The lowest BCUT2D eigenvalue weighted by molar-refractivity contribution is -0.329. The second-order valence-corrected chi connectivity index (χ2v) is 14.7. The Hall–Kier alpha value is -3.29. The summed E-state index contributed by atoms with van der Waals surface area (Å²) in [6, 6.07) is 0. The molecule has 12 heteroatoms. The van der Waals surface area contributed by atoms with Gasteiger partial charge in [0.2, 0.25) is 11.7 Å². The second kappa shape index (κ2) is 19.5. The molecule has 0 aliphatic carbocycles. The van der Waals surface area contributed by atoms with Crippen LogP contribution in [0.2, 0.25) is 0 Å². The summed E-state index contributed by atoms with van der Waals surface area (Å²) in [6.07, 6.45) is 5.90. The van der Waals surface area contributed by atoms with Crippen LogP contribution in [0.4, 0.5) is 0 Å². The maximum Gasteiger partial charge on any atom is 0.373 e. The van der Waals surface area contributed by atoms with E-state index in [0.717, 1.165) is 17.7 Å². The maximum atomic E-state index is 13.6. The van der Waals surface area contributed by atoms with Crippen molar-refractivity contribution in [3.05, 3.63) is 59.4 Å². The van der Waals surface area contributed by atoms with E-state index in [1.165, 1.54) is 20.3 Å². The fourth-order valence-corrected chi connectivity index (χ4v) is 7.01. The first kappa shape index (κ1) is 43.9. The number of hydrogen-bond acceptors (Lipinski definition) is 11. The van der Waals surface area contributed by atoms with Crippen LogP contribution in [0.25, 0.3) is 0 Å². The van der Waals surface area contributed by atoms with Gasteiger partial charge < -0.3 is 44.7 Å². The number of aliphatic hydroxyl groups excluding tert-OH is 2. The molecule has 0 radical (unpaired) electrons. The molecule has 288 valence electrons. The minimum atomic E-state index is -1.97. The number of allylic oxidation sites excluding steroid dienone is 5. The lowest BCUT2D eigenvalue weighted by atomic mass is 9.76. The molecule has 51 heavy (non-hydrogen) atoms. The largest absolute Gasteiger partial charge is 0.490 e. The first-order chi connectivity index (χ1) is 23.8. The van der Waals surface area contributed by atoms with Crippen molar-refractivity contribution >= 4 is 17.8 Å². The monoisotopic (exact) mass is 719 g/mol. The van der Waals surface area contributed by atoms with Crippen molar-refractivity contribution in [3.63, 3.8) is 0 Å². The number of nitrogens with two attached hydrogens (primary N) is 1. The number of carbonyl (C=O) groups excluding carboxylic acids is 3. The number of primary amides is 1. The fraction of sp³-hybridized carbons (Fsp3) is 0.667. The van der Waals surface area contributed by atoms with Gasteiger partial charge in [0, 0.05) is 49.4 Å². The van der Waals surface area contributed by atoms with Gasteiger partial charge in [-0.1, -0.05) is 83.9 Å². The zero-order chi connectivity index (χ0) is 38.8. The normalized spacial score (nSPS) is 36.1. The molecule has 0 spiro atoms. The Bertz CT molecular complexity index is 1350. The molecule has 0 bridgehead atoms. The van der Waals surface area contributed by atoms with Gasteiger partial charge in [-0.2, -0.15) is 0 Å². The molecular formula is C39H61NO11. The van der Waals surface area contributed by atoms with Crippen molar-refractivity contribution in [1.29, 1.82) is 0 Å². The summed E-state index contributed by atoms with van der Waals surface area (Å²) in [5.41, 5.74) is 6.84. The van der Waals surface area contributed by atoms with Crippen LogP contribution in [-0.2, 0) is 38.1 Å². The Labute approximate surface area is 303 Å². The van der Waals surface area contributed by atoms with Crippen LogP contribution in [0, 0.1) is 35.5 Å².